The number of rotatable bonds is 5. The molecule has 35 heavy (non-hydrogen) atoms. The van der Waals surface area contributed by atoms with Crippen LogP contribution in [0, 0.1) is 5.82 Å². The summed E-state index contributed by atoms with van der Waals surface area (Å²) in [5, 5.41) is 11.7. The fourth-order valence-corrected chi connectivity index (χ4v) is 4.81. The van der Waals surface area contributed by atoms with Crippen LogP contribution >= 0.6 is 34.8 Å². The summed E-state index contributed by atoms with van der Waals surface area (Å²) in [5.74, 6) is -2.98. The number of aliphatic hydroxyl groups excluding tert-OH is 1. The van der Waals surface area contributed by atoms with Gasteiger partial charge < -0.3 is 14.6 Å². The Morgan fingerprint density at radius 2 is 1.69 bits per heavy atom. The molecule has 1 fully saturated rings. The number of benzene rings is 3. The second kappa shape index (κ2) is 9.77. The van der Waals surface area contributed by atoms with Crippen molar-refractivity contribution in [3.63, 3.8) is 0 Å². The van der Waals surface area contributed by atoms with Crippen molar-refractivity contribution in [3.05, 3.63) is 92.2 Å². The minimum atomic E-state index is -1.33. The van der Waals surface area contributed by atoms with E-state index < -0.39 is 29.3 Å². The maximum absolute atomic E-state index is 15.0. The number of methoxy groups -OCH3 is 2. The molecule has 4 rings (SSSR count). The molecule has 1 aliphatic heterocycles. The molecule has 1 heterocycles. The molecule has 10 heteroatoms. The van der Waals surface area contributed by atoms with E-state index in [1.54, 1.807) is 6.07 Å². The van der Waals surface area contributed by atoms with Gasteiger partial charge in [-0.15, -0.1) is 0 Å². The number of carbonyl (C=O) groups is 2. The van der Waals surface area contributed by atoms with Gasteiger partial charge in [-0.05, 0) is 36.4 Å². The summed E-state index contributed by atoms with van der Waals surface area (Å²) in [6.45, 7) is 0. The number of Topliss-reactive ketones (excluding diaryl/α,β-unsaturated/α-hetero) is 1. The molecule has 6 nitrogen and oxygen atoms in total. The molecule has 0 saturated carbocycles. The van der Waals surface area contributed by atoms with Gasteiger partial charge in [0.25, 0.3) is 11.7 Å². The van der Waals surface area contributed by atoms with Crippen LogP contribution in [0.4, 0.5) is 10.1 Å². The Morgan fingerprint density at radius 3 is 2.31 bits per heavy atom. The SMILES string of the molecule is COc1ccc(N2C(=O)C(=O)/C(=C(/O)c3cc(Cl)cc(Cl)c3OC)C2c2ccccc2F)cc1Cl. The van der Waals surface area contributed by atoms with E-state index in [4.69, 9.17) is 44.3 Å². The molecule has 1 unspecified atom stereocenters. The van der Waals surface area contributed by atoms with Crippen molar-refractivity contribution in [2.24, 2.45) is 0 Å². The fourth-order valence-electron chi connectivity index (χ4n) is 3.98. The number of carbonyl (C=O) groups excluding carboxylic acids is 2. The normalized spacial score (nSPS) is 17.1. The first-order chi connectivity index (χ1) is 16.7. The van der Waals surface area contributed by atoms with Crippen LogP contribution in [-0.2, 0) is 9.59 Å². The largest absolute Gasteiger partial charge is 0.507 e. The van der Waals surface area contributed by atoms with Crippen LogP contribution < -0.4 is 14.4 Å². The molecule has 0 spiro atoms. The summed E-state index contributed by atoms with van der Waals surface area (Å²) < 4.78 is 25.5. The van der Waals surface area contributed by atoms with E-state index in [1.807, 2.05) is 0 Å². The van der Waals surface area contributed by atoms with E-state index in [-0.39, 0.29) is 43.2 Å². The molecule has 3 aromatic carbocycles. The van der Waals surface area contributed by atoms with Crippen molar-refractivity contribution in [3.8, 4) is 11.5 Å². The summed E-state index contributed by atoms with van der Waals surface area (Å²) >= 11 is 18.6. The zero-order valence-corrected chi connectivity index (χ0v) is 20.6. The molecule has 1 saturated heterocycles. The van der Waals surface area contributed by atoms with Crippen molar-refractivity contribution in [1.82, 2.24) is 0 Å². The average molecular weight is 537 g/mol. The predicted octanol–water partition coefficient (Wildman–Crippen LogP) is 6.43. The first-order valence-electron chi connectivity index (χ1n) is 10.1. The van der Waals surface area contributed by atoms with Crippen LogP contribution in [-0.4, -0.2) is 31.0 Å². The predicted molar refractivity (Wildman–Crippen MR) is 132 cm³/mol. The van der Waals surface area contributed by atoms with E-state index in [1.165, 1.54) is 62.8 Å². The van der Waals surface area contributed by atoms with Crippen molar-refractivity contribution < 1.29 is 28.6 Å². The molecule has 1 amide bonds. The summed E-state index contributed by atoms with van der Waals surface area (Å²) in [6, 6.07) is 11.4. The Kier molecular flexibility index (Phi) is 6.94. The molecule has 0 aliphatic carbocycles. The van der Waals surface area contributed by atoms with Crippen LogP contribution in [0.25, 0.3) is 5.76 Å². The lowest BCUT2D eigenvalue weighted by Crippen LogP contribution is -2.29. The highest BCUT2D eigenvalue weighted by molar-refractivity contribution is 6.52. The smallest absolute Gasteiger partial charge is 0.300 e. The number of anilines is 1. The van der Waals surface area contributed by atoms with Gasteiger partial charge in [0.2, 0.25) is 0 Å². The lowest BCUT2D eigenvalue weighted by Gasteiger charge is -2.26. The van der Waals surface area contributed by atoms with Crippen molar-refractivity contribution >= 4 is 57.9 Å². The molecular formula is C25H17Cl3FNO5. The third kappa shape index (κ3) is 4.31. The van der Waals surface area contributed by atoms with Gasteiger partial charge >= 0.3 is 0 Å². The Labute approximate surface area is 215 Å². The Balaban J connectivity index is 2.02. The molecular weight excluding hydrogens is 520 g/mol. The number of hydrogen-bond donors (Lipinski definition) is 1. The van der Waals surface area contributed by atoms with Gasteiger partial charge in [0.05, 0.1) is 41.4 Å². The Hall–Kier alpha value is -3.26. The Morgan fingerprint density at radius 1 is 0.971 bits per heavy atom. The fraction of sp³-hybridized carbons (Fsp3) is 0.120. The number of ether oxygens (including phenoxy) is 2. The first kappa shape index (κ1) is 24.9. The number of halogens is 4. The van der Waals surface area contributed by atoms with Gasteiger partial charge in [-0.3, -0.25) is 14.5 Å². The molecule has 1 N–H and O–H groups in total. The minimum Gasteiger partial charge on any atom is -0.507 e. The van der Waals surface area contributed by atoms with E-state index >= 15 is 4.39 Å². The molecule has 1 aliphatic rings. The minimum absolute atomic E-state index is 0.0210. The maximum atomic E-state index is 15.0. The average Bonchev–Trinajstić information content (AvgIpc) is 3.08. The number of aliphatic hydroxyl groups is 1. The van der Waals surface area contributed by atoms with Crippen LogP contribution in [0.2, 0.25) is 15.1 Å². The van der Waals surface area contributed by atoms with Crippen LogP contribution in [0.1, 0.15) is 17.2 Å². The van der Waals surface area contributed by atoms with Crippen LogP contribution in [0.15, 0.2) is 60.2 Å². The third-order valence-electron chi connectivity index (χ3n) is 5.53. The zero-order chi connectivity index (χ0) is 25.4. The number of nitrogens with zero attached hydrogens (tertiary/aromatic N) is 1. The number of amides is 1. The van der Waals surface area contributed by atoms with E-state index in [9.17, 15) is 14.7 Å². The lowest BCUT2D eigenvalue weighted by atomic mass is 9.94. The van der Waals surface area contributed by atoms with E-state index in [0.717, 1.165) is 4.90 Å². The monoisotopic (exact) mass is 535 g/mol. The highest BCUT2D eigenvalue weighted by Crippen LogP contribution is 2.46. The van der Waals surface area contributed by atoms with Gasteiger partial charge in [0.1, 0.15) is 23.1 Å². The second-order valence-electron chi connectivity index (χ2n) is 7.48. The molecule has 0 bridgehead atoms. The molecule has 180 valence electrons. The van der Waals surface area contributed by atoms with E-state index in [0.29, 0.717) is 5.75 Å². The molecule has 3 aromatic rings. The molecule has 0 aromatic heterocycles. The van der Waals surface area contributed by atoms with Gasteiger partial charge in [0.15, 0.2) is 0 Å². The highest BCUT2D eigenvalue weighted by atomic mass is 35.5. The second-order valence-corrected chi connectivity index (χ2v) is 8.73. The molecule has 0 radical (unpaired) electrons. The van der Waals surface area contributed by atoms with Gasteiger partial charge in [-0.1, -0.05) is 53.0 Å². The van der Waals surface area contributed by atoms with Gasteiger partial charge in [0, 0.05) is 16.3 Å². The van der Waals surface area contributed by atoms with Gasteiger partial charge in [-0.25, -0.2) is 4.39 Å². The van der Waals surface area contributed by atoms with Crippen molar-refractivity contribution in [1.29, 1.82) is 0 Å². The third-order valence-corrected chi connectivity index (χ3v) is 6.32. The number of ketones is 1. The Bertz CT molecular complexity index is 1390. The highest BCUT2D eigenvalue weighted by Gasteiger charge is 2.48. The van der Waals surface area contributed by atoms with Crippen molar-refractivity contribution in [2.45, 2.75) is 6.04 Å². The standard InChI is InChI=1S/C25H17Cl3FNO5/c1-34-19-8-7-13(11-16(19)27)30-21(14-5-3-4-6-18(14)29)20(23(32)25(30)33)22(31)15-9-12(26)10-17(28)24(15)35-2/h3-11,21,31H,1-2H3/b22-20+. The van der Waals surface area contributed by atoms with Crippen LogP contribution in [0.3, 0.4) is 0 Å². The summed E-state index contributed by atoms with van der Waals surface area (Å²) in [4.78, 5) is 27.6. The first-order valence-corrected chi connectivity index (χ1v) is 11.2. The quantitative estimate of drug-likeness (QED) is 0.231. The summed E-state index contributed by atoms with van der Waals surface area (Å²) in [6.07, 6.45) is 0. The van der Waals surface area contributed by atoms with E-state index in [2.05, 4.69) is 0 Å². The summed E-state index contributed by atoms with van der Waals surface area (Å²) in [7, 11) is 2.74. The van der Waals surface area contributed by atoms with Crippen molar-refractivity contribution in [2.75, 3.05) is 19.1 Å². The van der Waals surface area contributed by atoms with Gasteiger partial charge in [-0.2, -0.15) is 0 Å². The van der Waals surface area contributed by atoms with Crippen LogP contribution in [0.5, 0.6) is 11.5 Å². The topological polar surface area (TPSA) is 76.1 Å². The number of hydrogen-bond acceptors (Lipinski definition) is 5. The maximum Gasteiger partial charge on any atom is 0.300 e. The summed E-state index contributed by atoms with van der Waals surface area (Å²) in [5.41, 5.74) is -0.227. The zero-order valence-electron chi connectivity index (χ0n) is 18.3. The lowest BCUT2D eigenvalue weighted by molar-refractivity contribution is -0.132. The molecule has 1 atom stereocenters.